The van der Waals surface area contributed by atoms with Crippen molar-refractivity contribution < 1.29 is 9.53 Å². The Bertz CT molecular complexity index is 438. The van der Waals surface area contributed by atoms with Crippen LogP contribution in [-0.2, 0) is 23.0 Å². The van der Waals surface area contributed by atoms with E-state index in [1.807, 2.05) is 24.7 Å². The van der Waals surface area contributed by atoms with E-state index in [0.29, 0.717) is 19.6 Å². The van der Waals surface area contributed by atoms with Gasteiger partial charge in [-0.3, -0.25) is 9.69 Å². The average Bonchev–Trinajstić information content (AvgIpc) is 2.84. The van der Waals surface area contributed by atoms with Gasteiger partial charge in [0.25, 0.3) is 0 Å². The minimum atomic E-state index is -0.407. The number of ether oxygens (including phenoxy) is 1. The molecule has 106 valence electrons. The molecule has 0 aromatic carbocycles. The quantitative estimate of drug-likeness (QED) is 0.798. The molecule has 1 saturated heterocycles. The van der Waals surface area contributed by atoms with Gasteiger partial charge in [-0.2, -0.15) is 0 Å². The number of hydrogen-bond acceptors (Lipinski definition) is 4. The molecular weight excluding hydrogens is 242 g/mol. The molecule has 1 atom stereocenters. The van der Waals surface area contributed by atoms with Crippen molar-refractivity contribution in [2.24, 2.45) is 7.05 Å². The van der Waals surface area contributed by atoms with E-state index in [1.165, 1.54) is 0 Å². The molecule has 2 heterocycles. The van der Waals surface area contributed by atoms with Gasteiger partial charge in [0.1, 0.15) is 5.82 Å². The fraction of sp³-hybridized carbons (Fsp3) is 0.714. The first kappa shape index (κ1) is 14.2. The molecular formula is C14H23N3O2. The van der Waals surface area contributed by atoms with E-state index in [1.54, 1.807) is 6.20 Å². The zero-order valence-electron chi connectivity index (χ0n) is 12.1. The van der Waals surface area contributed by atoms with Crippen LogP contribution in [0.5, 0.6) is 0 Å². The highest BCUT2D eigenvalue weighted by Gasteiger charge is 2.38. The number of morpholine rings is 1. The third-order valence-corrected chi connectivity index (χ3v) is 4.24. The number of rotatable bonds is 5. The standard InChI is InChI=1S/C14H23N3O2/c1-4-14(2,17-7-9-19-10-8-17)12(18)11-13-15-5-6-16(13)3/h5-6H,4,7-11H2,1-3H3. The third-order valence-electron chi connectivity index (χ3n) is 4.24. The number of nitrogens with zero attached hydrogens (tertiary/aromatic N) is 3. The van der Waals surface area contributed by atoms with Crippen LogP contribution >= 0.6 is 0 Å². The van der Waals surface area contributed by atoms with Crippen molar-refractivity contribution in [3.63, 3.8) is 0 Å². The maximum absolute atomic E-state index is 12.7. The number of imidazole rings is 1. The van der Waals surface area contributed by atoms with Crippen LogP contribution in [-0.4, -0.2) is 52.1 Å². The molecule has 1 aliphatic heterocycles. The van der Waals surface area contributed by atoms with Crippen molar-refractivity contribution >= 4 is 5.78 Å². The summed E-state index contributed by atoms with van der Waals surface area (Å²) in [6.07, 6.45) is 4.82. The van der Waals surface area contributed by atoms with Gasteiger partial charge < -0.3 is 9.30 Å². The second kappa shape index (κ2) is 5.84. The molecule has 0 saturated carbocycles. The minimum Gasteiger partial charge on any atom is -0.379 e. The highest BCUT2D eigenvalue weighted by atomic mass is 16.5. The molecule has 0 bridgehead atoms. The van der Waals surface area contributed by atoms with Gasteiger partial charge in [-0.15, -0.1) is 0 Å². The largest absolute Gasteiger partial charge is 0.379 e. The molecule has 5 nitrogen and oxygen atoms in total. The molecule has 0 amide bonds. The Morgan fingerprint density at radius 3 is 2.68 bits per heavy atom. The molecule has 5 heteroatoms. The van der Waals surface area contributed by atoms with E-state index in [2.05, 4.69) is 16.8 Å². The SMILES string of the molecule is CCC(C)(C(=O)Cc1nccn1C)N1CCOCC1. The molecule has 0 spiro atoms. The zero-order valence-corrected chi connectivity index (χ0v) is 12.1. The first-order valence-electron chi connectivity index (χ1n) is 6.90. The zero-order chi connectivity index (χ0) is 13.9. The predicted octanol–water partition coefficient (Wildman–Crippen LogP) is 1.03. The summed E-state index contributed by atoms with van der Waals surface area (Å²) in [5, 5.41) is 0. The Morgan fingerprint density at radius 2 is 2.16 bits per heavy atom. The van der Waals surface area contributed by atoms with Crippen molar-refractivity contribution in [1.82, 2.24) is 14.5 Å². The molecule has 0 aliphatic carbocycles. The monoisotopic (exact) mass is 265 g/mol. The number of Topliss-reactive ketones (excluding diaryl/α,β-unsaturated/α-hetero) is 1. The molecule has 0 N–H and O–H groups in total. The predicted molar refractivity (Wildman–Crippen MR) is 73.0 cm³/mol. The van der Waals surface area contributed by atoms with Gasteiger partial charge in [0.15, 0.2) is 5.78 Å². The first-order chi connectivity index (χ1) is 9.08. The van der Waals surface area contributed by atoms with Gasteiger partial charge in [-0.05, 0) is 13.3 Å². The number of carbonyl (C=O) groups is 1. The molecule has 1 unspecified atom stereocenters. The van der Waals surface area contributed by atoms with E-state index in [0.717, 1.165) is 25.3 Å². The number of hydrogen-bond donors (Lipinski definition) is 0. The molecule has 19 heavy (non-hydrogen) atoms. The van der Waals surface area contributed by atoms with E-state index in [-0.39, 0.29) is 5.78 Å². The lowest BCUT2D eigenvalue weighted by atomic mass is 9.88. The maximum Gasteiger partial charge on any atom is 0.160 e. The van der Waals surface area contributed by atoms with Crippen LogP contribution in [0.25, 0.3) is 0 Å². The Kier molecular flexibility index (Phi) is 4.37. The normalized spacial score (nSPS) is 20.2. The van der Waals surface area contributed by atoms with Crippen molar-refractivity contribution in [3.8, 4) is 0 Å². The van der Waals surface area contributed by atoms with Crippen molar-refractivity contribution in [1.29, 1.82) is 0 Å². The van der Waals surface area contributed by atoms with E-state index in [4.69, 9.17) is 4.74 Å². The lowest BCUT2D eigenvalue weighted by Crippen LogP contribution is -2.56. The Labute approximate surface area is 114 Å². The highest BCUT2D eigenvalue weighted by molar-refractivity contribution is 5.89. The molecule has 2 rings (SSSR count). The van der Waals surface area contributed by atoms with Gasteiger partial charge in [0.05, 0.1) is 25.2 Å². The smallest absolute Gasteiger partial charge is 0.160 e. The molecule has 0 radical (unpaired) electrons. The van der Waals surface area contributed by atoms with Crippen LogP contribution in [0.2, 0.25) is 0 Å². The van der Waals surface area contributed by atoms with Gasteiger partial charge in [0.2, 0.25) is 0 Å². The van der Waals surface area contributed by atoms with Crippen molar-refractivity contribution in [3.05, 3.63) is 18.2 Å². The third kappa shape index (κ3) is 2.87. The fourth-order valence-electron chi connectivity index (χ4n) is 2.55. The fourth-order valence-corrected chi connectivity index (χ4v) is 2.55. The Balaban J connectivity index is 2.11. The summed E-state index contributed by atoms with van der Waals surface area (Å²) < 4.78 is 7.28. The lowest BCUT2D eigenvalue weighted by Gasteiger charge is -2.41. The van der Waals surface area contributed by atoms with Crippen molar-refractivity contribution in [2.75, 3.05) is 26.3 Å². The molecule has 1 aromatic rings. The second-order valence-electron chi connectivity index (χ2n) is 5.28. The first-order valence-corrected chi connectivity index (χ1v) is 6.90. The summed E-state index contributed by atoms with van der Waals surface area (Å²) in [4.78, 5) is 19.2. The summed E-state index contributed by atoms with van der Waals surface area (Å²) in [5.74, 6) is 1.07. The van der Waals surface area contributed by atoms with Gasteiger partial charge >= 0.3 is 0 Å². The minimum absolute atomic E-state index is 0.242. The summed E-state index contributed by atoms with van der Waals surface area (Å²) in [7, 11) is 1.92. The van der Waals surface area contributed by atoms with Crippen LogP contribution in [0.3, 0.4) is 0 Å². The van der Waals surface area contributed by atoms with Crippen LogP contribution < -0.4 is 0 Å². The van der Waals surface area contributed by atoms with Crippen LogP contribution in [0.15, 0.2) is 12.4 Å². The number of ketones is 1. The maximum atomic E-state index is 12.7. The number of carbonyl (C=O) groups excluding carboxylic acids is 1. The number of aromatic nitrogens is 2. The summed E-state index contributed by atoms with van der Waals surface area (Å²) in [6.45, 7) is 7.21. The topological polar surface area (TPSA) is 47.4 Å². The van der Waals surface area contributed by atoms with E-state index >= 15 is 0 Å². The van der Waals surface area contributed by atoms with Crippen LogP contribution in [0.4, 0.5) is 0 Å². The van der Waals surface area contributed by atoms with Crippen LogP contribution in [0.1, 0.15) is 26.1 Å². The summed E-state index contributed by atoms with van der Waals surface area (Å²) in [5.41, 5.74) is -0.407. The van der Waals surface area contributed by atoms with E-state index in [9.17, 15) is 4.79 Å². The number of aryl methyl sites for hydroxylation is 1. The average molecular weight is 265 g/mol. The van der Waals surface area contributed by atoms with Gasteiger partial charge in [0, 0.05) is 32.5 Å². The van der Waals surface area contributed by atoms with Gasteiger partial charge in [-0.25, -0.2) is 4.98 Å². The highest BCUT2D eigenvalue weighted by Crippen LogP contribution is 2.23. The molecule has 1 aliphatic rings. The molecule has 1 aromatic heterocycles. The molecule has 1 fully saturated rings. The second-order valence-corrected chi connectivity index (χ2v) is 5.28. The summed E-state index contributed by atoms with van der Waals surface area (Å²) >= 11 is 0. The van der Waals surface area contributed by atoms with Crippen LogP contribution in [0, 0.1) is 0 Å². The summed E-state index contributed by atoms with van der Waals surface area (Å²) in [6, 6.07) is 0. The van der Waals surface area contributed by atoms with E-state index < -0.39 is 5.54 Å². The lowest BCUT2D eigenvalue weighted by molar-refractivity contribution is -0.133. The Morgan fingerprint density at radius 1 is 1.47 bits per heavy atom. The van der Waals surface area contributed by atoms with Crippen molar-refractivity contribution in [2.45, 2.75) is 32.2 Å². The van der Waals surface area contributed by atoms with Gasteiger partial charge in [-0.1, -0.05) is 6.92 Å². The Hall–Kier alpha value is -1.20.